The molecule has 0 amide bonds. The third-order valence-electron chi connectivity index (χ3n) is 3.51. The number of benzene rings is 2. The van der Waals surface area contributed by atoms with Crippen molar-refractivity contribution in [1.82, 2.24) is 14.1 Å². The van der Waals surface area contributed by atoms with Gasteiger partial charge in [-0.1, -0.05) is 24.3 Å². The number of hydrogen-bond acceptors (Lipinski definition) is 5. The lowest BCUT2D eigenvalue weighted by molar-refractivity contribution is 0.631. The predicted octanol–water partition coefficient (Wildman–Crippen LogP) is 2.44. The van der Waals surface area contributed by atoms with Crippen LogP contribution in [0.2, 0.25) is 0 Å². The normalized spacial score (nSPS) is 13.3. The zero-order chi connectivity index (χ0) is 18.7. The molecule has 3 aromatic rings. The molecule has 134 valence electrons. The third kappa shape index (κ3) is 4.01. The fraction of sp³-hybridized carbons (Fsp3) is 0.0588. The smallest absolute Gasteiger partial charge is 0.141 e. The van der Waals surface area contributed by atoms with Crippen molar-refractivity contribution < 1.29 is 12.8 Å². The lowest BCUT2D eigenvalue weighted by atomic mass is 10.0. The summed E-state index contributed by atoms with van der Waals surface area (Å²) in [4.78, 5) is 8.40. The molecule has 2 aromatic carbocycles. The Kier molecular flexibility index (Phi) is 5.50. The largest absolute Gasteiger partial charge is 0.382 e. The van der Waals surface area contributed by atoms with E-state index in [0.29, 0.717) is 21.7 Å². The SMILES string of the molecule is CS(=O)NS(=O)c1ccccc1-c1ccc(-c2cnc(N)cn2)c(F)c1. The number of nitrogens with one attached hydrogen (secondary N) is 1. The maximum Gasteiger partial charge on any atom is 0.141 e. The van der Waals surface area contributed by atoms with Gasteiger partial charge in [0.25, 0.3) is 0 Å². The molecule has 2 atom stereocenters. The van der Waals surface area contributed by atoms with E-state index in [1.54, 1.807) is 36.4 Å². The third-order valence-corrected chi connectivity index (χ3v) is 5.81. The zero-order valence-electron chi connectivity index (χ0n) is 13.7. The average molecular weight is 390 g/mol. The summed E-state index contributed by atoms with van der Waals surface area (Å²) >= 11 is 0. The molecule has 0 aliphatic carbocycles. The Bertz CT molecular complexity index is 996. The minimum absolute atomic E-state index is 0.253. The second-order valence-electron chi connectivity index (χ2n) is 5.32. The summed E-state index contributed by atoms with van der Waals surface area (Å²) < 4.78 is 40.7. The fourth-order valence-corrected chi connectivity index (χ4v) is 4.19. The minimum Gasteiger partial charge on any atom is -0.382 e. The molecule has 3 rings (SSSR count). The van der Waals surface area contributed by atoms with Crippen LogP contribution in [0.25, 0.3) is 22.4 Å². The Morgan fingerprint density at radius 2 is 1.81 bits per heavy atom. The Morgan fingerprint density at radius 1 is 1.04 bits per heavy atom. The van der Waals surface area contributed by atoms with E-state index in [9.17, 15) is 12.8 Å². The number of halogens is 1. The van der Waals surface area contributed by atoms with Gasteiger partial charge in [-0.25, -0.2) is 17.8 Å². The van der Waals surface area contributed by atoms with Crippen LogP contribution in [-0.4, -0.2) is 24.6 Å². The molecular weight excluding hydrogens is 375 g/mol. The quantitative estimate of drug-likeness (QED) is 0.697. The molecule has 0 radical (unpaired) electrons. The summed E-state index contributed by atoms with van der Waals surface area (Å²) in [5.74, 6) is -0.239. The molecule has 0 spiro atoms. The number of anilines is 1. The van der Waals surface area contributed by atoms with E-state index in [4.69, 9.17) is 5.73 Å². The lowest BCUT2D eigenvalue weighted by Crippen LogP contribution is -2.19. The maximum absolute atomic E-state index is 14.6. The number of nitrogens with two attached hydrogens (primary N) is 1. The fourth-order valence-electron chi connectivity index (χ4n) is 2.39. The van der Waals surface area contributed by atoms with Crippen molar-refractivity contribution in [1.29, 1.82) is 0 Å². The summed E-state index contributed by atoms with van der Waals surface area (Å²) in [6.45, 7) is 0. The van der Waals surface area contributed by atoms with Crippen LogP contribution in [0.1, 0.15) is 0 Å². The number of nitrogens with zero attached hydrogens (tertiary/aromatic N) is 2. The van der Waals surface area contributed by atoms with Gasteiger partial charge in [-0.15, -0.1) is 0 Å². The number of aromatic nitrogens is 2. The highest BCUT2D eigenvalue weighted by atomic mass is 32.3. The van der Waals surface area contributed by atoms with Crippen LogP contribution in [0.4, 0.5) is 10.2 Å². The van der Waals surface area contributed by atoms with Gasteiger partial charge in [0.15, 0.2) is 0 Å². The van der Waals surface area contributed by atoms with Crippen molar-refractivity contribution in [3.8, 4) is 22.4 Å². The first-order valence-electron chi connectivity index (χ1n) is 7.44. The van der Waals surface area contributed by atoms with E-state index in [1.165, 1.54) is 24.7 Å². The van der Waals surface area contributed by atoms with Crippen LogP contribution in [0.3, 0.4) is 0 Å². The summed E-state index contributed by atoms with van der Waals surface area (Å²) in [7, 11) is -3.13. The Morgan fingerprint density at radius 3 is 2.46 bits per heavy atom. The zero-order valence-corrected chi connectivity index (χ0v) is 15.3. The van der Waals surface area contributed by atoms with Crippen LogP contribution in [-0.2, 0) is 22.0 Å². The van der Waals surface area contributed by atoms with Gasteiger partial charge in [0.2, 0.25) is 0 Å². The standard InChI is InChI=1S/C17H15FN4O2S2/c1-25(23)22-26(24)16-5-3-2-4-12(16)11-6-7-13(14(18)8-11)15-9-21-17(19)10-20-15/h2-10,22H,1H3,(H2,19,21). The monoisotopic (exact) mass is 390 g/mol. The van der Waals surface area contributed by atoms with Crippen LogP contribution in [0, 0.1) is 5.82 Å². The first-order valence-corrected chi connectivity index (χ1v) is 10.1. The first kappa shape index (κ1) is 18.3. The van der Waals surface area contributed by atoms with Crippen LogP contribution >= 0.6 is 0 Å². The number of hydrogen-bond donors (Lipinski definition) is 2. The van der Waals surface area contributed by atoms with Crippen LogP contribution < -0.4 is 9.86 Å². The van der Waals surface area contributed by atoms with Gasteiger partial charge in [-0.05, 0) is 29.3 Å². The van der Waals surface area contributed by atoms with Crippen molar-refractivity contribution in [2.75, 3.05) is 12.0 Å². The number of rotatable bonds is 5. The predicted molar refractivity (Wildman–Crippen MR) is 101 cm³/mol. The van der Waals surface area contributed by atoms with E-state index in [2.05, 4.69) is 14.1 Å². The summed E-state index contributed by atoms with van der Waals surface area (Å²) in [6, 6.07) is 11.5. The molecule has 9 heteroatoms. The van der Waals surface area contributed by atoms with E-state index in [0.717, 1.165) is 0 Å². The van der Waals surface area contributed by atoms with E-state index in [-0.39, 0.29) is 11.4 Å². The highest BCUT2D eigenvalue weighted by molar-refractivity contribution is 7.98. The molecule has 0 aliphatic rings. The molecular formula is C17H15FN4O2S2. The lowest BCUT2D eigenvalue weighted by Gasteiger charge is -2.11. The van der Waals surface area contributed by atoms with Crippen molar-refractivity contribution >= 4 is 27.8 Å². The first-order chi connectivity index (χ1) is 12.5. The topological polar surface area (TPSA) is 98.0 Å². The molecule has 1 aromatic heterocycles. The van der Waals surface area contributed by atoms with Crippen molar-refractivity contribution in [2.24, 2.45) is 0 Å². The van der Waals surface area contributed by atoms with Gasteiger partial charge in [-0.2, -0.15) is 4.13 Å². The van der Waals surface area contributed by atoms with Gasteiger partial charge in [0.1, 0.15) is 33.6 Å². The molecule has 26 heavy (non-hydrogen) atoms. The van der Waals surface area contributed by atoms with Gasteiger partial charge in [0, 0.05) is 11.8 Å². The van der Waals surface area contributed by atoms with Crippen LogP contribution in [0.15, 0.2) is 59.8 Å². The van der Waals surface area contributed by atoms with Crippen molar-refractivity contribution in [3.63, 3.8) is 0 Å². The van der Waals surface area contributed by atoms with Gasteiger partial charge in [0.05, 0.1) is 23.0 Å². The highest BCUT2D eigenvalue weighted by Gasteiger charge is 2.14. The molecule has 0 aliphatic heterocycles. The molecule has 0 fully saturated rings. The molecule has 0 saturated carbocycles. The maximum atomic E-state index is 14.6. The Balaban J connectivity index is 2.01. The molecule has 2 unspecified atom stereocenters. The van der Waals surface area contributed by atoms with E-state index >= 15 is 0 Å². The summed E-state index contributed by atoms with van der Waals surface area (Å²) in [5.41, 5.74) is 7.27. The molecule has 6 nitrogen and oxygen atoms in total. The van der Waals surface area contributed by atoms with E-state index in [1.807, 2.05) is 0 Å². The average Bonchev–Trinajstić information content (AvgIpc) is 2.62. The summed E-state index contributed by atoms with van der Waals surface area (Å²) in [6.07, 6.45) is 4.15. The Hall–Kier alpha value is -2.49. The van der Waals surface area contributed by atoms with Crippen molar-refractivity contribution in [3.05, 3.63) is 60.7 Å². The second kappa shape index (κ2) is 7.81. The Labute approximate surface area is 154 Å². The van der Waals surface area contributed by atoms with Gasteiger partial charge >= 0.3 is 0 Å². The minimum atomic E-state index is -1.68. The van der Waals surface area contributed by atoms with Crippen molar-refractivity contribution in [2.45, 2.75) is 4.90 Å². The van der Waals surface area contributed by atoms with Gasteiger partial charge < -0.3 is 5.73 Å². The van der Waals surface area contributed by atoms with Gasteiger partial charge in [-0.3, -0.25) is 4.98 Å². The molecule has 0 bridgehead atoms. The summed E-state index contributed by atoms with van der Waals surface area (Å²) in [5, 5.41) is 0. The molecule has 0 saturated heterocycles. The molecule has 1 heterocycles. The second-order valence-corrected chi connectivity index (χ2v) is 7.88. The molecule has 3 N–H and O–H groups in total. The number of nitrogen functional groups attached to an aromatic ring is 1. The highest BCUT2D eigenvalue weighted by Crippen LogP contribution is 2.30. The van der Waals surface area contributed by atoms with Crippen LogP contribution in [0.5, 0.6) is 0 Å². The van der Waals surface area contributed by atoms with E-state index < -0.39 is 27.8 Å².